The lowest BCUT2D eigenvalue weighted by Crippen LogP contribution is -2.21. The van der Waals surface area contributed by atoms with Gasteiger partial charge in [0.15, 0.2) is 11.3 Å². The molecule has 158 valence electrons. The molecule has 5 aromatic rings. The predicted octanol–water partition coefficient (Wildman–Crippen LogP) is 5.03. The van der Waals surface area contributed by atoms with Crippen molar-refractivity contribution in [2.24, 2.45) is 0 Å². The Hall–Kier alpha value is -4.04. The van der Waals surface area contributed by atoms with Crippen LogP contribution in [0, 0.1) is 6.92 Å². The van der Waals surface area contributed by atoms with Gasteiger partial charge in [-0.3, -0.25) is 4.79 Å². The number of hydrogen-bond donors (Lipinski definition) is 1. The topological polar surface area (TPSA) is 94.3 Å². The second-order valence-electron chi connectivity index (χ2n) is 7.16. The van der Waals surface area contributed by atoms with E-state index in [4.69, 9.17) is 9.15 Å². The minimum atomic E-state index is -0.731. The van der Waals surface area contributed by atoms with Crippen LogP contribution in [0.5, 0.6) is 5.75 Å². The maximum Gasteiger partial charge on any atom is 0.349 e. The van der Waals surface area contributed by atoms with Gasteiger partial charge in [0, 0.05) is 22.8 Å². The number of benzene rings is 2. The molecule has 0 bridgehead atoms. The molecule has 8 heteroatoms. The van der Waals surface area contributed by atoms with Crippen molar-refractivity contribution in [3.05, 3.63) is 82.3 Å². The van der Waals surface area contributed by atoms with E-state index in [2.05, 4.69) is 15.3 Å². The third-order valence-corrected chi connectivity index (χ3v) is 6.12. The molecule has 3 aromatic heterocycles. The van der Waals surface area contributed by atoms with Crippen LogP contribution in [0.2, 0.25) is 0 Å². The molecule has 0 aliphatic heterocycles. The number of thiazole rings is 1. The first kappa shape index (κ1) is 19.9. The Morgan fingerprint density at radius 1 is 1.12 bits per heavy atom. The molecule has 0 radical (unpaired) electrons. The average Bonchev–Trinajstić information content (AvgIpc) is 3.24. The number of aromatic nitrogens is 2. The number of methoxy groups -OCH3 is 1. The molecular formula is C24H17N3O4S. The second kappa shape index (κ2) is 7.90. The van der Waals surface area contributed by atoms with Gasteiger partial charge >= 0.3 is 5.63 Å². The van der Waals surface area contributed by atoms with E-state index in [9.17, 15) is 9.59 Å². The fourth-order valence-corrected chi connectivity index (χ4v) is 4.31. The number of fused-ring (bicyclic) bond motifs is 2. The van der Waals surface area contributed by atoms with Crippen LogP contribution in [0.4, 0.5) is 5.69 Å². The number of anilines is 1. The fraction of sp³-hybridized carbons (Fsp3) is 0.0833. The summed E-state index contributed by atoms with van der Waals surface area (Å²) in [4.78, 5) is 35.3. The summed E-state index contributed by atoms with van der Waals surface area (Å²) >= 11 is 1.48. The molecule has 1 amide bonds. The molecule has 32 heavy (non-hydrogen) atoms. The Morgan fingerprint density at radius 2 is 2.00 bits per heavy atom. The van der Waals surface area contributed by atoms with Crippen LogP contribution in [0.3, 0.4) is 0 Å². The van der Waals surface area contributed by atoms with Gasteiger partial charge in [0.05, 0.1) is 7.11 Å². The number of carbonyl (C=O) groups excluding carboxylic acids is 1. The summed E-state index contributed by atoms with van der Waals surface area (Å²) in [5.41, 5.74) is 2.61. The number of nitrogens with zero attached hydrogens (tertiary/aromatic N) is 2. The Kier molecular flexibility index (Phi) is 4.91. The zero-order valence-corrected chi connectivity index (χ0v) is 18.0. The smallest absolute Gasteiger partial charge is 0.349 e. The molecular weight excluding hydrogens is 426 g/mol. The van der Waals surface area contributed by atoms with Crippen molar-refractivity contribution >= 4 is 44.2 Å². The monoisotopic (exact) mass is 443 g/mol. The summed E-state index contributed by atoms with van der Waals surface area (Å²) in [6.45, 7) is 1.88. The molecule has 5 rings (SSSR count). The van der Waals surface area contributed by atoms with Crippen LogP contribution < -0.4 is 15.7 Å². The number of nitrogens with one attached hydrogen (secondary N) is 1. The van der Waals surface area contributed by atoms with Gasteiger partial charge in [0.1, 0.15) is 20.9 Å². The van der Waals surface area contributed by atoms with Crippen LogP contribution in [0.25, 0.3) is 31.9 Å². The van der Waals surface area contributed by atoms with E-state index in [1.807, 2.05) is 37.3 Å². The second-order valence-corrected chi connectivity index (χ2v) is 8.13. The molecule has 0 atom stereocenters. The summed E-state index contributed by atoms with van der Waals surface area (Å²) in [5.74, 6) is -0.116. The average molecular weight is 443 g/mol. The number of carbonyl (C=O) groups is 1. The first-order valence-corrected chi connectivity index (χ1v) is 10.6. The Balaban J connectivity index is 1.50. The SMILES string of the molecule is COc1cccc2cc(C(=O)Nc3cc(-c4nc5cccnc5s4)ccc3C)c(=O)oc12. The molecule has 0 unspecified atom stereocenters. The van der Waals surface area contributed by atoms with E-state index in [1.165, 1.54) is 24.5 Å². The van der Waals surface area contributed by atoms with Crippen molar-refractivity contribution in [3.8, 4) is 16.3 Å². The summed E-state index contributed by atoms with van der Waals surface area (Å²) in [5, 5.41) is 4.23. The number of pyridine rings is 1. The first-order chi connectivity index (χ1) is 15.5. The summed E-state index contributed by atoms with van der Waals surface area (Å²) in [6.07, 6.45) is 1.73. The zero-order valence-electron chi connectivity index (χ0n) is 17.2. The van der Waals surface area contributed by atoms with Gasteiger partial charge in [0.25, 0.3) is 5.91 Å². The number of hydrogen-bond acceptors (Lipinski definition) is 7. The largest absolute Gasteiger partial charge is 0.493 e. The molecule has 3 heterocycles. The Labute approximate surface area is 186 Å². The molecule has 0 aliphatic carbocycles. The van der Waals surface area contributed by atoms with Crippen molar-refractivity contribution in [2.45, 2.75) is 6.92 Å². The number of aryl methyl sites for hydroxylation is 1. The summed E-state index contributed by atoms with van der Waals surface area (Å²) in [7, 11) is 1.49. The van der Waals surface area contributed by atoms with E-state index in [0.29, 0.717) is 22.4 Å². The highest BCUT2D eigenvalue weighted by molar-refractivity contribution is 7.21. The van der Waals surface area contributed by atoms with E-state index in [-0.39, 0.29) is 5.56 Å². The molecule has 0 fully saturated rings. The maximum atomic E-state index is 12.9. The first-order valence-electron chi connectivity index (χ1n) is 9.78. The van der Waals surface area contributed by atoms with Gasteiger partial charge < -0.3 is 14.5 Å². The lowest BCUT2D eigenvalue weighted by Gasteiger charge is -2.10. The van der Waals surface area contributed by atoms with E-state index in [0.717, 1.165) is 26.5 Å². The predicted molar refractivity (Wildman–Crippen MR) is 125 cm³/mol. The number of ether oxygens (including phenoxy) is 1. The van der Waals surface area contributed by atoms with Gasteiger partial charge in [-0.05, 0) is 42.8 Å². The highest BCUT2D eigenvalue weighted by atomic mass is 32.1. The number of para-hydroxylation sites is 1. The molecule has 0 aliphatic rings. The quantitative estimate of drug-likeness (QED) is 0.391. The molecule has 0 saturated heterocycles. The minimum Gasteiger partial charge on any atom is -0.493 e. The number of amides is 1. The number of rotatable bonds is 4. The van der Waals surface area contributed by atoms with Gasteiger partial charge in [0.2, 0.25) is 0 Å². The van der Waals surface area contributed by atoms with Crippen LogP contribution in [-0.2, 0) is 0 Å². The van der Waals surface area contributed by atoms with Gasteiger partial charge in [-0.1, -0.05) is 35.6 Å². The highest BCUT2D eigenvalue weighted by Gasteiger charge is 2.17. The summed E-state index contributed by atoms with van der Waals surface area (Å²) in [6, 6.07) is 16.2. The molecule has 7 nitrogen and oxygen atoms in total. The Morgan fingerprint density at radius 3 is 2.81 bits per heavy atom. The maximum absolute atomic E-state index is 12.9. The molecule has 0 saturated carbocycles. The molecule has 2 aromatic carbocycles. The summed E-state index contributed by atoms with van der Waals surface area (Å²) < 4.78 is 10.6. The van der Waals surface area contributed by atoms with E-state index >= 15 is 0 Å². The van der Waals surface area contributed by atoms with E-state index < -0.39 is 11.5 Å². The lowest BCUT2D eigenvalue weighted by atomic mass is 10.1. The molecule has 0 spiro atoms. The standard InChI is InChI=1S/C24H17N3O4S/c1-13-8-9-15(22-27-17-6-4-10-25-23(17)32-22)12-18(13)26-21(28)16-11-14-5-3-7-19(30-2)20(14)31-24(16)29/h3-12H,1-2H3,(H,26,28). The van der Waals surface area contributed by atoms with Crippen molar-refractivity contribution in [2.75, 3.05) is 12.4 Å². The third kappa shape index (κ3) is 3.50. The van der Waals surface area contributed by atoms with Crippen molar-refractivity contribution in [3.63, 3.8) is 0 Å². The third-order valence-electron chi connectivity index (χ3n) is 5.09. The van der Waals surface area contributed by atoms with Crippen LogP contribution in [0.1, 0.15) is 15.9 Å². The van der Waals surface area contributed by atoms with Crippen molar-refractivity contribution < 1.29 is 13.9 Å². The van der Waals surface area contributed by atoms with E-state index in [1.54, 1.807) is 24.4 Å². The van der Waals surface area contributed by atoms with Crippen LogP contribution in [-0.4, -0.2) is 23.0 Å². The lowest BCUT2D eigenvalue weighted by molar-refractivity contribution is 0.102. The van der Waals surface area contributed by atoms with Gasteiger partial charge in [-0.2, -0.15) is 0 Å². The highest BCUT2D eigenvalue weighted by Crippen LogP contribution is 2.31. The van der Waals surface area contributed by atoms with Crippen LogP contribution >= 0.6 is 11.3 Å². The zero-order chi connectivity index (χ0) is 22.2. The Bertz CT molecular complexity index is 1520. The van der Waals surface area contributed by atoms with Crippen molar-refractivity contribution in [1.82, 2.24) is 9.97 Å². The van der Waals surface area contributed by atoms with Crippen LogP contribution in [0.15, 0.2) is 70.0 Å². The fourth-order valence-electron chi connectivity index (χ4n) is 3.41. The van der Waals surface area contributed by atoms with Crippen molar-refractivity contribution in [1.29, 1.82) is 0 Å². The molecule has 1 N–H and O–H groups in total. The van der Waals surface area contributed by atoms with Gasteiger partial charge in [-0.15, -0.1) is 0 Å². The minimum absolute atomic E-state index is 0.0836. The normalized spacial score (nSPS) is 11.1. The van der Waals surface area contributed by atoms with Gasteiger partial charge in [-0.25, -0.2) is 14.8 Å².